The summed E-state index contributed by atoms with van der Waals surface area (Å²) in [6.07, 6.45) is -1.44. The molecule has 1 amide bonds. The quantitative estimate of drug-likeness (QED) is 0.626. The van der Waals surface area contributed by atoms with Crippen LogP contribution in [-0.4, -0.2) is 39.2 Å². The third kappa shape index (κ3) is 4.92. The summed E-state index contributed by atoms with van der Waals surface area (Å²) in [5.74, 6) is -0.360. The first kappa shape index (κ1) is 20.4. The minimum atomic E-state index is -4.47. The van der Waals surface area contributed by atoms with Gasteiger partial charge in [-0.2, -0.15) is 18.3 Å². The molecule has 0 saturated heterocycles. The molecule has 0 aliphatic heterocycles. The van der Waals surface area contributed by atoms with Crippen molar-refractivity contribution in [3.63, 3.8) is 0 Å². The summed E-state index contributed by atoms with van der Waals surface area (Å²) in [7, 11) is 1.62. The molecule has 0 aliphatic carbocycles. The first-order valence-corrected chi connectivity index (χ1v) is 8.76. The first-order valence-electron chi connectivity index (χ1n) is 8.76. The Labute approximate surface area is 165 Å². The Kier molecular flexibility index (Phi) is 5.86. The monoisotopic (exact) mass is 404 g/mol. The highest BCUT2D eigenvalue weighted by atomic mass is 19.4. The van der Waals surface area contributed by atoms with Gasteiger partial charge in [0.2, 0.25) is 0 Å². The smallest absolute Gasteiger partial charge is 0.416 e. The largest absolute Gasteiger partial charge is 0.484 e. The Morgan fingerprint density at radius 1 is 1.21 bits per heavy atom. The summed E-state index contributed by atoms with van der Waals surface area (Å²) in [5.41, 5.74) is 0.903. The second-order valence-electron chi connectivity index (χ2n) is 6.43. The number of likely N-dealkylation sites (N-methyl/N-ethyl adjacent to an activating group) is 1. The van der Waals surface area contributed by atoms with E-state index >= 15 is 0 Å². The Bertz CT molecular complexity index is 957. The van der Waals surface area contributed by atoms with Gasteiger partial charge in [-0.15, -0.1) is 0 Å². The van der Waals surface area contributed by atoms with Gasteiger partial charge >= 0.3 is 6.18 Å². The molecule has 0 saturated carbocycles. The van der Waals surface area contributed by atoms with Crippen molar-refractivity contribution in [1.82, 2.24) is 19.7 Å². The van der Waals surface area contributed by atoms with Gasteiger partial charge in [0.1, 0.15) is 18.4 Å². The van der Waals surface area contributed by atoms with E-state index in [-0.39, 0.29) is 24.3 Å². The van der Waals surface area contributed by atoms with Crippen molar-refractivity contribution in [2.24, 2.45) is 0 Å². The van der Waals surface area contributed by atoms with Crippen molar-refractivity contribution in [2.45, 2.75) is 19.1 Å². The maximum absolute atomic E-state index is 12.8. The van der Waals surface area contributed by atoms with Crippen LogP contribution < -0.4 is 4.74 Å². The van der Waals surface area contributed by atoms with E-state index in [0.717, 1.165) is 23.4 Å². The molecule has 152 valence electrons. The number of nitrogens with zero attached hydrogens (tertiary/aromatic N) is 4. The zero-order valence-corrected chi connectivity index (χ0v) is 15.8. The zero-order chi connectivity index (χ0) is 21.0. The SMILES string of the molecule is C[C@@H](c1ccc(-n2cncn2)cc1)N(C)C(=O)COc1cccc(C(F)(F)F)c1. The van der Waals surface area contributed by atoms with Gasteiger partial charge in [0.25, 0.3) is 5.91 Å². The van der Waals surface area contributed by atoms with Gasteiger partial charge in [-0.05, 0) is 42.8 Å². The molecule has 0 spiro atoms. The Balaban J connectivity index is 1.61. The molecule has 29 heavy (non-hydrogen) atoms. The zero-order valence-electron chi connectivity index (χ0n) is 15.8. The number of alkyl halides is 3. The van der Waals surface area contributed by atoms with Crippen LogP contribution in [0.2, 0.25) is 0 Å². The van der Waals surface area contributed by atoms with Gasteiger partial charge in [-0.3, -0.25) is 4.79 Å². The molecule has 0 N–H and O–H groups in total. The van der Waals surface area contributed by atoms with Crippen LogP contribution in [0.5, 0.6) is 5.75 Å². The van der Waals surface area contributed by atoms with Crippen molar-refractivity contribution >= 4 is 5.91 Å². The van der Waals surface area contributed by atoms with Gasteiger partial charge in [0, 0.05) is 7.05 Å². The van der Waals surface area contributed by atoms with Gasteiger partial charge in [-0.25, -0.2) is 9.67 Å². The van der Waals surface area contributed by atoms with E-state index in [0.29, 0.717) is 0 Å². The number of hydrogen-bond donors (Lipinski definition) is 0. The van der Waals surface area contributed by atoms with Crippen LogP contribution in [0.25, 0.3) is 5.69 Å². The molecule has 3 aromatic rings. The highest BCUT2D eigenvalue weighted by Crippen LogP contribution is 2.31. The fraction of sp³-hybridized carbons (Fsp3) is 0.250. The number of rotatable bonds is 6. The third-order valence-electron chi connectivity index (χ3n) is 4.56. The number of halogens is 3. The predicted octanol–water partition coefficient (Wildman–Crippen LogP) is 3.88. The lowest BCUT2D eigenvalue weighted by molar-refractivity contribution is -0.137. The summed E-state index contributed by atoms with van der Waals surface area (Å²) in [6, 6.07) is 11.7. The van der Waals surface area contributed by atoms with Gasteiger partial charge in [0.15, 0.2) is 6.61 Å². The minimum Gasteiger partial charge on any atom is -0.484 e. The number of amides is 1. The van der Waals surface area contributed by atoms with Gasteiger partial charge in [-0.1, -0.05) is 18.2 Å². The molecular formula is C20H19F3N4O2. The van der Waals surface area contributed by atoms with Crippen molar-refractivity contribution in [3.05, 3.63) is 72.3 Å². The summed E-state index contributed by atoms with van der Waals surface area (Å²) >= 11 is 0. The molecule has 0 unspecified atom stereocenters. The molecule has 6 nitrogen and oxygen atoms in total. The lowest BCUT2D eigenvalue weighted by Crippen LogP contribution is -2.33. The number of benzene rings is 2. The fourth-order valence-corrected chi connectivity index (χ4v) is 2.70. The molecule has 2 aromatic carbocycles. The fourth-order valence-electron chi connectivity index (χ4n) is 2.70. The maximum Gasteiger partial charge on any atom is 0.416 e. The van der Waals surface area contributed by atoms with Crippen LogP contribution in [-0.2, 0) is 11.0 Å². The summed E-state index contributed by atoms with van der Waals surface area (Å²) in [5, 5.41) is 4.05. The highest BCUT2D eigenvalue weighted by Gasteiger charge is 2.30. The molecule has 0 fully saturated rings. The number of carbonyl (C=O) groups is 1. The number of carbonyl (C=O) groups excluding carboxylic acids is 1. The highest BCUT2D eigenvalue weighted by molar-refractivity contribution is 5.78. The molecule has 3 rings (SSSR count). The van der Waals surface area contributed by atoms with Crippen LogP contribution in [0.1, 0.15) is 24.1 Å². The van der Waals surface area contributed by atoms with E-state index in [1.807, 2.05) is 31.2 Å². The Morgan fingerprint density at radius 3 is 2.55 bits per heavy atom. The van der Waals surface area contributed by atoms with Crippen molar-refractivity contribution in [3.8, 4) is 11.4 Å². The molecule has 1 atom stereocenters. The molecule has 1 heterocycles. The summed E-state index contributed by atoms with van der Waals surface area (Å²) in [6.45, 7) is 1.49. The maximum atomic E-state index is 12.8. The van der Waals surface area contributed by atoms with Gasteiger partial charge < -0.3 is 9.64 Å². The van der Waals surface area contributed by atoms with E-state index in [4.69, 9.17) is 4.74 Å². The average Bonchev–Trinajstić information content (AvgIpc) is 3.25. The number of hydrogen-bond acceptors (Lipinski definition) is 4. The topological polar surface area (TPSA) is 60.2 Å². The van der Waals surface area contributed by atoms with E-state index in [1.165, 1.54) is 23.4 Å². The van der Waals surface area contributed by atoms with Crippen LogP contribution in [0.15, 0.2) is 61.2 Å². The molecule has 9 heteroatoms. The number of ether oxygens (including phenoxy) is 1. The first-order chi connectivity index (χ1) is 13.8. The van der Waals surface area contributed by atoms with E-state index in [2.05, 4.69) is 10.1 Å². The van der Waals surface area contributed by atoms with Crippen molar-refractivity contribution in [1.29, 1.82) is 0 Å². The lowest BCUT2D eigenvalue weighted by atomic mass is 10.1. The van der Waals surface area contributed by atoms with E-state index in [9.17, 15) is 18.0 Å². The van der Waals surface area contributed by atoms with Crippen molar-refractivity contribution in [2.75, 3.05) is 13.7 Å². The van der Waals surface area contributed by atoms with Crippen LogP contribution in [0.4, 0.5) is 13.2 Å². The van der Waals surface area contributed by atoms with Crippen LogP contribution in [0.3, 0.4) is 0 Å². The Hall–Kier alpha value is -3.36. The van der Waals surface area contributed by atoms with Crippen LogP contribution in [0, 0.1) is 0 Å². The molecule has 0 aliphatic rings. The molecule has 1 aromatic heterocycles. The van der Waals surface area contributed by atoms with Crippen molar-refractivity contribution < 1.29 is 22.7 Å². The lowest BCUT2D eigenvalue weighted by Gasteiger charge is -2.25. The summed E-state index contributed by atoms with van der Waals surface area (Å²) in [4.78, 5) is 17.8. The Morgan fingerprint density at radius 2 is 1.93 bits per heavy atom. The molecule has 0 radical (unpaired) electrons. The number of aromatic nitrogens is 3. The van der Waals surface area contributed by atoms with Crippen LogP contribution >= 0.6 is 0 Å². The summed E-state index contributed by atoms with van der Waals surface area (Å²) < 4.78 is 45.2. The average molecular weight is 404 g/mol. The predicted molar refractivity (Wildman–Crippen MR) is 99.5 cm³/mol. The second kappa shape index (κ2) is 8.34. The standard InChI is InChI=1S/C20H19F3N4O2/c1-14(15-6-8-17(9-7-15)27-13-24-12-25-27)26(2)19(28)11-29-18-5-3-4-16(10-18)20(21,22)23/h3-10,12-14H,11H2,1-2H3/t14-/m0/s1. The molecular weight excluding hydrogens is 385 g/mol. The second-order valence-corrected chi connectivity index (χ2v) is 6.43. The normalized spacial score (nSPS) is 12.4. The van der Waals surface area contributed by atoms with E-state index in [1.54, 1.807) is 18.1 Å². The van der Waals surface area contributed by atoms with E-state index < -0.39 is 11.7 Å². The van der Waals surface area contributed by atoms with Gasteiger partial charge in [0.05, 0.1) is 17.3 Å². The minimum absolute atomic E-state index is 0.00795. The third-order valence-corrected chi connectivity index (χ3v) is 4.56. The molecule has 0 bridgehead atoms.